The van der Waals surface area contributed by atoms with Crippen molar-refractivity contribution in [2.45, 2.75) is 65.0 Å². The maximum atomic E-state index is 11.7. The molecule has 0 aromatic carbocycles. The standard InChI is InChI=1S/C16H34N2O2/c1-13(2)12-14(3)18(6)11-9-8-10-16(4,17-5)15(19)20-7/h13-14,17H,8-12H2,1-7H3. The Morgan fingerprint density at radius 1 is 1.30 bits per heavy atom. The average Bonchev–Trinajstić information content (AvgIpc) is 2.41. The second-order valence-corrected chi connectivity index (χ2v) is 6.49. The molecule has 0 aromatic rings. The number of methoxy groups -OCH3 is 1. The summed E-state index contributed by atoms with van der Waals surface area (Å²) in [4.78, 5) is 14.1. The van der Waals surface area contributed by atoms with E-state index >= 15 is 0 Å². The number of hydrogen-bond acceptors (Lipinski definition) is 4. The first-order valence-corrected chi connectivity index (χ1v) is 7.74. The first-order valence-electron chi connectivity index (χ1n) is 7.74. The monoisotopic (exact) mass is 286 g/mol. The molecule has 2 atom stereocenters. The molecule has 0 aliphatic carbocycles. The highest BCUT2D eigenvalue weighted by molar-refractivity contribution is 5.80. The van der Waals surface area contributed by atoms with Gasteiger partial charge < -0.3 is 15.0 Å². The molecule has 0 spiro atoms. The van der Waals surface area contributed by atoms with Gasteiger partial charge in [0.15, 0.2) is 0 Å². The molecule has 0 heterocycles. The van der Waals surface area contributed by atoms with Crippen LogP contribution in [0.4, 0.5) is 0 Å². The number of ether oxygens (including phenoxy) is 1. The maximum Gasteiger partial charge on any atom is 0.325 e. The molecule has 20 heavy (non-hydrogen) atoms. The van der Waals surface area contributed by atoms with Gasteiger partial charge in [-0.05, 0) is 66.1 Å². The summed E-state index contributed by atoms with van der Waals surface area (Å²) in [6.07, 6.45) is 4.16. The largest absolute Gasteiger partial charge is 0.468 e. The van der Waals surface area contributed by atoms with E-state index in [0.717, 1.165) is 31.7 Å². The van der Waals surface area contributed by atoms with Crippen LogP contribution in [0, 0.1) is 5.92 Å². The van der Waals surface area contributed by atoms with Gasteiger partial charge in [-0.3, -0.25) is 4.79 Å². The Morgan fingerprint density at radius 3 is 2.35 bits per heavy atom. The van der Waals surface area contributed by atoms with Crippen molar-refractivity contribution in [1.29, 1.82) is 0 Å². The summed E-state index contributed by atoms with van der Waals surface area (Å²) in [7, 11) is 5.44. The van der Waals surface area contributed by atoms with Gasteiger partial charge in [0, 0.05) is 6.04 Å². The first kappa shape index (κ1) is 19.4. The van der Waals surface area contributed by atoms with E-state index < -0.39 is 5.54 Å². The van der Waals surface area contributed by atoms with Crippen molar-refractivity contribution < 1.29 is 9.53 Å². The molecule has 120 valence electrons. The SMILES string of the molecule is CNC(C)(CCCCN(C)C(C)CC(C)C)C(=O)OC. The Bertz CT molecular complexity index is 282. The smallest absolute Gasteiger partial charge is 0.325 e. The molecule has 0 aromatic heterocycles. The molecule has 0 bridgehead atoms. The minimum atomic E-state index is -0.559. The van der Waals surface area contributed by atoms with E-state index in [1.54, 1.807) is 0 Å². The van der Waals surface area contributed by atoms with E-state index in [1.165, 1.54) is 13.5 Å². The second kappa shape index (κ2) is 9.35. The maximum absolute atomic E-state index is 11.7. The summed E-state index contributed by atoms with van der Waals surface area (Å²) in [5.41, 5.74) is -0.559. The topological polar surface area (TPSA) is 41.6 Å². The molecule has 4 nitrogen and oxygen atoms in total. The number of rotatable bonds is 10. The fourth-order valence-electron chi connectivity index (χ4n) is 2.48. The van der Waals surface area contributed by atoms with Gasteiger partial charge in [0.05, 0.1) is 7.11 Å². The lowest BCUT2D eigenvalue weighted by Crippen LogP contribution is -2.48. The average molecular weight is 286 g/mol. The number of likely N-dealkylation sites (N-methyl/N-ethyl adjacent to an activating group) is 1. The molecule has 1 N–H and O–H groups in total. The summed E-state index contributed by atoms with van der Waals surface area (Å²) in [6.45, 7) is 9.79. The predicted molar refractivity (Wildman–Crippen MR) is 84.9 cm³/mol. The minimum Gasteiger partial charge on any atom is -0.468 e. The van der Waals surface area contributed by atoms with Crippen LogP contribution in [0.25, 0.3) is 0 Å². The van der Waals surface area contributed by atoms with Crippen LogP contribution in [0.15, 0.2) is 0 Å². The van der Waals surface area contributed by atoms with Crippen LogP contribution < -0.4 is 5.32 Å². The lowest BCUT2D eigenvalue weighted by atomic mass is 9.95. The number of unbranched alkanes of at least 4 members (excludes halogenated alkanes) is 1. The molecule has 0 rings (SSSR count). The number of carbonyl (C=O) groups is 1. The lowest BCUT2D eigenvalue weighted by Gasteiger charge is -2.28. The molecule has 0 saturated heterocycles. The van der Waals surface area contributed by atoms with Crippen molar-refractivity contribution in [3.05, 3.63) is 0 Å². The Labute approximate surface area is 125 Å². The predicted octanol–water partition coefficient (Wildman–Crippen LogP) is 2.67. The Balaban J connectivity index is 4.03. The Kier molecular flexibility index (Phi) is 9.06. The highest BCUT2D eigenvalue weighted by Crippen LogP contribution is 2.16. The van der Waals surface area contributed by atoms with Crippen LogP contribution in [0.3, 0.4) is 0 Å². The first-order chi connectivity index (χ1) is 9.26. The third-order valence-corrected chi connectivity index (χ3v) is 4.19. The van der Waals surface area contributed by atoms with Gasteiger partial charge in [-0.1, -0.05) is 13.8 Å². The van der Waals surface area contributed by atoms with E-state index in [1.807, 2.05) is 14.0 Å². The van der Waals surface area contributed by atoms with Crippen LogP contribution >= 0.6 is 0 Å². The van der Waals surface area contributed by atoms with Crippen molar-refractivity contribution in [2.75, 3.05) is 27.7 Å². The summed E-state index contributed by atoms with van der Waals surface area (Å²) in [6, 6.07) is 0.617. The van der Waals surface area contributed by atoms with Crippen LogP contribution in [0.5, 0.6) is 0 Å². The van der Waals surface area contributed by atoms with Gasteiger partial charge in [0.25, 0.3) is 0 Å². The van der Waals surface area contributed by atoms with Gasteiger partial charge >= 0.3 is 5.97 Å². The molecule has 2 unspecified atom stereocenters. The van der Waals surface area contributed by atoms with Crippen molar-refractivity contribution >= 4 is 5.97 Å². The number of nitrogens with zero attached hydrogens (tertiary/aromatic N) is 1. The highest BCUT2D eigenvalue weighted by Gasteiger charge is 2.31. The molecule has 0 amide bonds. The van der Waals surface area contributed by atoms with Gasteiger partial charge in [0.2, 0.25) is 0 Å². The highest BCUT2D eigenvalue weighted by atomic mass is 16.5. The van der Waals surface area contributed by atoms with E-state index in [4.69, 9.17) is 4.74 Å². The summed E-state index contributed by atoms with van der Waals surface area (Å²) >= 11 is 0. The van der Waals surface area contributed by atoms with Crippen LogP contribution in [0.2, 0.25) is 0 Å². The number of carbonyl (C=O) groups excluding carboxylic acids is 1. The van der Waals surface area contributed by atoms with Crippen molar-refractivity contribution in [3.8, 4) is 0 Å². The van der Waals surface area contributed by atoms with E-state index in [0.29, 0.717) is 6.04 Å². The van der Waals surface area contributed by atoms with Crippen LogP contribution in [-0.4, -0.2) is 50.2 Å². The van der Waals surface area contributed by atoms with Gasteiger partial charge in [-0.25, -0.2) is 0 Å². The van der Waals surface area contributed by atoms with Gasteiger partial charge in [0.1, 0.15) is 5.54 Å². The zero-order valence-electron chi connectivity index (χ0n) is 14.5. The number of esters is 1. The fraction of sp³-hybridized carbons (Fsp3) is 0.938. The molecule has 0 fully saturated rings. The van der Waals surface area contributed by atoms with E-state index in [-0.39, 0.29) is 5.97 Å². The fourth-order valence-corrected chi connectivity index (χ4v) is 2.48. The molecule has 0 aliphatic rings. The van der Waals surface area contributed by atoms with Crippen LogP contribution in [-0.2, 0) is 9.53 Å². The van der Waals surface area contributed by atoms with Crippen molar-refractivity contribution in [3.63, 3.8) is 0 Å². The molecule has 0 aliphatic heterocycles. The van der Waals surface area contributed by atoms with Crippen molar-refractivity contribution in [2.24, 2.45) is 5.92 Å². The molecular weight excluding hydrogens is 252 g/mol. The normalized spacial score (nSPS) is 16.2. The van der Waals surface area contributed by atoms with Gasteiger partial charge in [-0.2, -0.15) is 0 Å². The second-order valence-electron chi connectivity index (χ2n) is 6.49. The quantitative estimate of drug-likeness (QED) is 0.495. The Hall–Kier alpha value is -0.610. The third kappa shape index (κ3) is 6.71. The van der Waals surface area contributed by atoms with Crippen molar-refractivity contribution in [1.82, 2.24) is 10.2 Å². The van der Waals surface area contributed by atoms with Gasteiger partial charge in [-0.15, -0.1) is 0 Å². The Morgan fingerprint density at radius 2 is 1.90 bits per heavy atom. The summed E-state index contributed by atoms with van der Waals surface area (Å²) in [5.74, 6) is 0.556. The molecular formula is C16H34N2O2. The molecule has 0 radical (unpaired) electrons. The molecule has 0 saturated carbocycles. The minimum absolute atomic E-state index is 0.179. The zero-order chi connectivity index (χ0) is 15.8. The van der Waals surface area contributed by atoms with Crippen LogP contribution in [0.1, 0.15) is 53.4 Å². The number of nitrogens with one attached hydrogen (secondary N) is 1. The number of hydrogen-bond donors (Lipinski definition) is 1. The zero-order valence-corrected chi connectivity index (χ0v) is 14.5. The summed E-state index contributed by atoms with van der Waals surface area (Å²) in [5, 5.41) is 3.08. The molecule has 4 heteroatoms. The van der Waals surface area contributed by atoms with E-state index in [9.17, 15) is 4.79 Å². The lowest BCUT2D eigenvalue weighted by molar-refractivity contribution is -0.148. The third-order valence-electron chi connectivity index (χ3n) is 4.19. The summed E-state index contributed by atoms with van der Waals surface area (Å²) < 4.78 is 4.85. The van der Waals surface area contributed by atoms with E-state index in [2.05, 4.69) is 38.0 Å².